The van der Waals surface area contributed by atoms with Crippen LogP contribution >= 0.6 is 0 Å². The Morgan fingerprint density at radius 3 is 2.32 bits per heavy atom. The number of carbonyl (C=O) groups excluding carboxylic acids is 3. The average Bonchev–Trinajstić information content (AvgIpc) is 2.87. The Balaban J connectivity index is 1.50. The second kappa shape index (κ2) is 12.0. The summed E-state index contributed by atoms with van der Waals surface area (Å²) >= 11 is 0. The number of rotatable bonds is 9. The SMILES string of the molecule is CC(NC(=O)c1ccccc1NC(=O)COC(=O)CCc1ccc(C#N)cc1)c1ccccc1. The number of nitriles is 1. The van der Waals surface area contributed by atoms with E-state index >= 15 is 0 Å². The second-order valence-corrected chi connectivity index (χ2v) is 7.67. The monoisotopic (exact) mass is 455 g/mol. The van der Waals surface area contributed by atoms with Crippen LogP contribution in [0.5, 0.6) is 0 Å². The van der Waals surface area contributed by atoms with Crippen LogP contribution in [-0.2, 0) is 20.7 Å². The molecule has 0 aliphatic rings. The van der Waals surface area contributed by atoms with Crippen LogP contribution in [0.4, 0.5) is 5.69 Å². The topological polar surface area (TPSA) is 108 Å². The number of esters is 1. The Bertz CT molecular complexity index is 1180. The third-order valence-electron chi connectivity index (χ3n) is 5.16. The molecule has 3 aromatic rings. The predicted octanol–water partition coefficient (Wildman–Crippen LogP) is 4.16. The van der Waals surface area contributed by atoms with Crippen LogP contribution in [0.15, 0.2) is 78.9 Å². The third kappa shape index (κ3) is 7.04. The van der Waals surface area contributed by atoms with Gasteiger partial charge in [-0.3, -0.25) is 14.4 Å². The van der Waals surface area contributed by atoms with Gasteiger partial charge in [-0.1, -0.05) is 54.6 Å². The van der Waals surface area contributed by atoms with Gasteiger partial charge in [0.1, 0.15) is 0 Å². The molecule has 1 unspecified atom stereocenters. The first-order valence-corrected chi connectivity index (χ1v) is 10.9. The summed E-state index contributed by atoms with van der Waals surface area (Å²) < 4.78 is 5.06. The van der Waals surface area contributed by atoms with E-state index in [-0.39, 0.29) is 18.4 Å². The summed E-state index contributed by atoms with van der Waals surface area (Å²) in [5, 5.41) is 14.4. The minimum Gasteiger partial charge on any atom is -0.456 e. The summed E-state index contributed by atoms with van der Waals surface area (Å²) in [6, 6.07) is 25.0. The van der Waals surface area contributed by atoms with E-state index in [0.29, 0.717) is 23.2 Å². The van der Waals surface area contributed by atoms with E-state index in [4.69, 9.17) is 10.00 Å². The summed E-state index contributed by atoms with van der Waals surface area (Å²) in [6.45, 7) is 1.42. The first-order valence-electron chi connectivity index (χ1n) is 10.9. The standard InChI is InChI=1S/C27H25N3O4/c1-19(22-7-3-2-4-8-22)29-27(33)23-9-5-6-10-24(23)30-25(31)18-34-26(32)16-15-20-11-13-21(17-28)14-12-20/h2-14,19H,15-16,18H2,1H3,(H,29,33)(H,30,31). The van der Waals surface area contributed by atoms with E-state index in [2.05, 4.69) is 10.6 Å². The van der Waals surface area contributed by atoms with E-state index in [0.717, 1.165) is 11.1 Å². The zero-order chi connectivity index (χ0) is 24.3. The van der Waals surface area contributed by atoms with Crippen LogP contribution < -0.4 is 10.6 Å². The third-order valence-corrected chi connectivity index (χ3v) is 5.16. The van der Waals surface area contributed by atoms with Crippen molar-refractivity contribution in [1.29, 1.82) is 5.26 Å². The zero-order valence-electron chi connectivity index (χ0n) is 18.8. The van der Waals surface area contributed by atoms with Gasteiger partial charge >= 0.3 is 5.97 Å². The number of anilines is 1. The number of hydrogen-bond acceptors (Lipinski definition) is 5. The van der Waals surface area contributed by atoms with Crippen LogP contribution in [-0.4, -0.2) is 24.4 Å². The van der Waals surface area contributed by atoms with Crippen molar-refractivity contribution in [3.8, 4) is 6.07 Å². The molecule has 2 amide bonds. The van der Waals surface area contributed by atoms with E-state index in [1.54, 1.807) is 48.5 Å². The molecule has 7 heteroatoms. The van der Waals surface area contributed by atoms with Crippen LogP contribution in [0.2, 0.25) is 0 Å². The number of nitrogens with one attached hydrogen (secondary N) is 2. The minimum atomic E-state index is -0.539. The lowest BCUT2D eigenvalue weighted by Gasteiger charge is -2.16. The lowest BCUT2D eigenvalue weighted by atomic mass is 10.1. The molecule has 0 saturated carbocycles. The van der Waals surface area contributed by atoms with Crippen molar-refractivity contribution < 1.29 is 19.1 Å². The first kappa shape index (κ1) is 24.2. The molecule has 0 radical (unpaired) electrons. The Labute approximate surface area is 198 Å². The number of benzene rings is 3. The maximum Gasteiger partial charge on any atom is 0.306 e. The van der Waals surface area contributed by atoms with Gasteiger partial charge in [0.25, 0.3) is 11.8 Å². The molecule has 0 spiro atoms. The first-order chi connectivity index (χ1) is 16.5. The van der Waals surface area contributed by atoms with Crippen molar-refractivity contribution >= 4 is 23.5 Å². The van der Waals surface area contributed by atoms with Crippen molar-refractivity contribution in [3.63, 3.8) is 0 Å². The van der Waals surface area contributed by atoms with Crippen LogP contribution in [0, 0.1) is 11.3 Å². The molecule has 2 N–H and O–H groups in total. The molecule has 172 valence electrons. The number of nitrogens with zero attached hydrogens (tertiary/aromatic N) is 1. The van der Waals surface area contributed by atoms with Gasteiger partial charge in [0, 0.05) is 6.42 Å². The van der Waals surface area contributed by atoms with Gasteiger partial charge < -0.3 is 15.4 Å². The fraction of sp³-hybridized carbons (Fsp3) is 0.185. The molecule has 0 aliphatic carbocycles. The van der Waals surface area contributed by atoms with Crippen LogP contribution in [0.1, 0.15) is 46.4 Å². The highest BCUT2D eigenvalue weighted by molar-refractivity contribution is 6.04. The molecule has 1 atom stereocenters. The van der Waals surface area contributed by atoms with E-state index in [1.165, 1.54) is 0 Å². The summed E-state index contributed by atoms with van der Waals surface area (Å²) in [5.41, 5.74) is 3.05. The van der Waals surface area contributed by atoms with Crippen molar-refractivity contribution in [1.82, 2.24) is 5.32 Å². The van der Waals surface area contributed by atoms with Gasteiger partial charge in [0.15, 0.2) is 6.61 Å². The normalized spacial score (nSPS) is 11.1. The molecule has 0 aromatic heterocycles. The number of hydrogen-bond donors (Lipinski definition) is 2. The molecule has 3 aromatic carbocycles. The van der Waals surface area contributed by atoms with E-state index in [1.807, 2.05) is 43.3 Å². The van der Waals surface area contributed by atoms with Gasteiger partial charge in [0.2, 0.25) is 0 Å². The Kier molecular flexibility index (Phi) is 8.53. The molecular formula is C27H25N3O4. The maximum absolute atomic E-state index is 12.8. The fourth-order valence-electron chi connectivity index (χ4n) is 3.29. The predicted molar refractivity (Wildman–Crippen MR) is 128 cm³/mol. The van der Waals surface area contributed by atoms with Crippen molar-refractivity contribution in [3.05, 3.63) is 101 Å². The fourth-order valence-corrected chi connectivity index (χ4v) is 3.29. The van der Waals surface area contributed by atoms with Gasteiger partial charge in [-0.05, 0) is 48.7 Å². The molecule has 7 nitrogen and oxygen atoms in total. The maximum atomic E-state index is 12.8. The van der Waals surface area contributed by atoms with E-state index in [9.17, 15) is 14.4 Å². The molecule has 0 fully saturated rings. The highest BCUT2D eigenvalue weighted by Gasteiger charge is 2.16. The van der Waals surface area contributed by atoms with E-state index < -0.39 is 18.5 Å². The average molecular weight is 456 g/mol. The molecule has 0 saturated heterocycles. The smallest absolute Gasteiger partial charge is 0.306 e. The van der Waals surface area contributed by atoms with Gasteiger partial charge in [-0.15, -0.1) is 0 Å². The molecule has 0 bridgehead atoms. The zero-order valence-corrected chi connectivity index (χ0v) is 18.8. The molecule has 0 heterocycles. The van der Waals surface area contributed by atoms with Crippen LogP contribution in [0.3, 0.4) is 0 Å². The van der Waals surface area contributed by atoms with Crippen molar-refractivity contribution in [2.45, 2.75) is 25.8 Å². The largest absolute Gasteiger partial charge is 0.456 e. The summed E-state index contributed by atoms with van der Waals surface area (Å²) in [6.07, 6.45) is 0.546. The van der Waals surface area contributed by atoms with Crippen molar-refractivity contribution in [2.75, 3.05) is 11.9 Å². The minimum absolute atomic E-state index is 0.107. The number of para-hydroxylation sites is 1. The quantitative estimate of drug-likeness (QED) is 0.471. The summed E-state index contributed by atoms with van der Waals surface area (Å²) in [4.78, 5) is 37.1. The van der Waals surface area contributed by atoms with Gasteiger partial charge in [0.05, 0.1) is 28.9 Å². The second-order valence-electron chi connectivity index (χ2n) is 7.67. The Hall–Kier alpha value is -4.44. The number of amides is 2. The highest BCUT2D eigenvalue weighted by Crippen LogP contribution is 2.18. The Morgan fingerprint density at radius 2 is 1.62 bits per heavy atom. The molecular weight excluding hydrogens is 430 g/mol. The van der Waals surface area contributed by atoms with Crippen molar-refractivity contribution in [2.24, 2.45) is 0 Å². The highest BCUT2D eigenvalue weighted by atomic mass is 16.5. The number of aryl methyl sites for hydroxylation is 1. The summed E-state index contributed by atoms with van der Waals surface area (Å²) in [5.74, 6) is -1.38. The van der Waals surface area contributed by atoms with Gasteiger partial charge in [-0.2, -0.15) is 5.26 Å². The van der Waals surface area contributed by atoms with Crippen LogP contribution in [0.25, 0.3) is 0 Å². The Morgan fingerprint density at radius 1 is 0.941 bits per heavy atom. The molecule has 0 aliphatic heterocycles. The lowest BCUT2D eigenvalue weighted by Crippen LogP contribution is -2.28. The lowest BCUT2D eigenvalue weighted by molar-refractivity contribution is -0.147. The molecule has 3 rings (SSSR count). The number of ether oxygens (including phenoxy) is 1. The van der Waals surface area contributed by atoms with Gasteiger partial charge in [-0.25, -0.2) is 0 Å². The number of carbonyl (C=O) groups is 3. The molecule has 34 heavy (non-hydrogen) atoms. The summed E-state index contributed by atoms with van der Waals surface area (Å²) in [7, 11) is 0.